The molecule has 2 fully saturated rings. The smallest absolute Gasteiger partial charge is 0.234 e. The monoisotopic (exact) mass is 482 g/mol. The summed E-state index contributed by atoms with van der Waals surface area (Å²) < 4.78 is 0. The number of hydrogen-bond donors (Lipinski definition) is 2. The van der Waals surface area contributed by atoms with E-state index in [1.807, 2.05) is 54.6 Å². The van der Waals surface area contributed by atoms with Crippen LogP contribution in [0.1, 0.15) is 48.3 Å². The molecule has 2 unspecified atom stereocenters. The highest BCUT2D eigenvalue weighted by atomic mass is 16.2. The van der Waals surface area contributed by atoms with Crippen LogP contribution in [0.5, 0.6) is 0 Å². The second-order valence-electron chi connectivity index (χ2n) is 9.85. The van der Waals surface area contributed by atoms with Gasteiger partial charge < -0.3 is 11.5 Å². The molecule has 0 bridgehead atoms. The lowest BCUT2D eigenvalue weighted by Crippen LogP contribution is -2.66. The van der Waals surface area contributed by atoms with Crippen molar-refractivity contribution in [2.24, 2.45) is 11.5 Å². The first-order valence-electron chi connectivity index (χ1n) is 12.8. The zero-order valence-corrected chi connectivity index (χ0v) is 20.5. The zero-order chi connectivity index (χ0) is 25.1. The molecule has 3 aromatic rings. The van der Waals surface area contributed by atoms with Gasteiger partial charge in [0.15, 0.2) is 0 Å². The predicted octanol–water partition coefficient (Wildman–Crippen LogP) is 3.57. The Kier molecular flexibility index (Phi) is 6.90. The third-order valence-electron chi connectivity index (χ3n) is 7.91. The quantitative estimate of drug-likeness (QED) is 0.513. The molecular weight excluding hydrogens is 448 g/mol. The van der Waals surface area contributed by atoms with Crippen LogP contribution in [0.4, 0.5) is 0 Å². The van der Waals surface area contributed by atoms with Gasteiger partial charge in [-0.05, 0) is 42.4 Å². The Hall–Kier alpha value is -3.48. The fraction of sp³-hybridized carbons (Fsp3) is 0.333. The van der Waals surface area contributed by atoms with Crippen LogP contribution in [-0.2, 0) is 15.3 Å². The maximum atomic E-state index is 12.9. The number of carbonyl (C=O) groups excluding carboxylic acids is 2. The van der Waals surface area contributed by atoms with Gasteiger partial charge in [0.25, 0.3) is 0 Å². The van der Waals surface area contributed by atoms with Gasteiger partial charge in [-0.3, -0.25) is 19.4 Å². The van der Waals surface area contributed by atoms with Gasteiger partial charge in [-0.2, -0.15) is 0 Å². The van der Waals surface area contributed by atoms with E-state index in [2.05, 4.69) is 46.2 Å². The van der Waals surface area contributed by atoms with E-state index < -0.39 is 17.7 Å². The summed E-state index contributed by atoms with van der Waals surface area (Å²) in [6.07, 6.45) is 3.09. The van der Waals surface area contributed by atoms with E-state index in [9.17, 15) is 9.59 Å². The number of nitrogens with two attached hydrogens (primary N) is 2. The van der Waals surface area contributed by atoms with E-state index in [-0.39, 0.29) is 17.7 Å². The predicted molar refractivity (Wildman–Crippen MR) is 141 cm³/mol. The molecule has 36 heavy (non-hydrogen) atoms. The molecule has 2 aliphatic rings. The van der Waals surface area contributed by atoms with Gasteiger partial charge in [-0.25, -0.2) is 0 Å². The summed E-state index contributed by atoms with van der Waals surface area (Å²) in [5, 5.41) is 0. The van der Waals surface area contributed by atoms with Crippen LogP contribution in [0.25, 0.3) is 0 Å². The number of hydrogen-bond acceptors (Lipinski definition) is 4. The number of benzene rings is 3. The maximum Gasteiger partial charge on any atom is 0.234 e. The Morgan fingerprint density at radius 2 is 1.06 bits per heavy atom. The van der Waals surface area contributed by atoms with Crippen molar-refractivity contribution in [3.63, 3.8) is 0 Å². The highest BCUT2D eigenvalue weighted by molar-refractivity contribution is 5.81. The van der Waals surface area contributed by atoms with Crippen molar-refractivity contribution in [2.75, 3.05) is 13.1 Å². The molecule has 3 aromatic carbocycles. The number of carbonyl (C=O) groups is 2. The molecule has 2 atom stereocenters. The summed E-state index contributed by atoms with van der Waals surface area (Å²) in [6, 6.07) is 30.2. The van der Waals surface area contributed by atoms with Crippen LogP contribution in [0.2, 0.25) is 0 Å². The summed E-state index contributed by atoms with van der Waals surface area (Å²) in [5.41, 5.74) is 14.5. The third kappa shape index (κ3) is 4.10. The molecule has 2 amide bonds. The van der Waals surface area contributed by atoms with Gasteiger partial charge in [-0.1, -0.05) is 91.0 Å². The van der Waals surface area contributed by atoms with Crippen molar-refractivity contribution in [2.45, 2.75) is 49.3 Å². The fourth-order valence-electron chi connectivity index (χ4n) is 6.57. The lowest BCUT2D eigenvalue weighted by molar-refractivity contribution is -0.142. The molecule has 2 aliphatic heterocycles. The van der Waals surface area contributed by atoms with Crippen LogP contribution in [0, 0.1) is 0 Å². The minimum absolute atomic E-state index is 0.206. The van der Waals surface area contributed by atoms with Crippen LogP contribution < -0.4 is 11.5 Å². The van der Waals surface area contributed by atoms with Gasteiger partial charge in [0.2, 0.25) is 11.8 Å². The van der Waals surface area contributed by atoms with Crippen LogP contribution >= 0.6 is 0 Å². The first-order valence-corrected chi connectivity index (χ1v) is 12.8. The summed E-state index contributed by atoms with van der Waals surface area (Å²) in [5.74, 6) is -0.868. The highest BCUT2D eigenvalue weighted by Crippen LogP contribution is 2.53. The zero-order valence-electron chi connectivity index (χ0n) is 20.5. The number of nitrogens with zero attached hydrogens (tertiary/aromatic N) is 2. The maximum absolute atomic E-state index is 12.9. The Morgan fingerprint density at radius 1 is 0.667 bits per heavy atom. The molecule has 4 N–H and O–H groups in total. The van der Waals surface area contributed by atoms with Gasteiger partial charge in [0.05, 0.1) is 12.1 Å². The lowest BCUT2D eigenvalue weighted by atomic mass is 9.73. The molecule has 0 spiro atoms. The molecular formula is C30H34N4O2. The van der Waals surface area contributed by atoms with Crippen LogP contribution in [0.15, 0.2) is 91.0 Å². The highest BCUT2D eigenvalue weighted by Gasteiger charge is 2.58. The van der Waals surface area contributed by atoms with Crippen molar-refractivity contribution in [3.05, 3.63) is 108 Å². The Bertz CT molecular complexity index is 1110. The van der Waals surface area contributed by atoms with Gasteiger partial charge in [0, 0.05) is 19.0 Å². The number of primary amides is 2. The normalized spacial score (nSPS) is 22.5. The summed E-state index contributed by atoms with van der Waals surface area (Å²) in [4.78, 5) is 30.3. The first kappa shape index (κ1) is 24.2. The average Bonchev–Trinajstić information content (AvgIpc) is 3.60. The number of amides is 2. The molecule has 2 saturated heterocycles. The second kappa shape index (κ2) is 10.2. The summed E-state index contributed by atoms with van der Waals surface area (Å²) in [6.45, 7) is 1.39. The Balaban J connectivity index is 1.88. The number of rotatable bonds is 8. The van der Waals surface area contributed by atoms with Crippen molar-refractivity contribution in [3.8, 4) is 0 Å². The summed E-state index contributed by atoms with van der Waals surface area (Å²) >= 11 is 0. The molecule has 0 radical (unpaired) electrons. The van der Waals surface area contributed by atoms with E-state index >= 15 is 0 Å². The van der Waals surface area contributed by atoms with Crippen molar-refractivity contribution < 1.29 is 9.59 Å². The topological polar surface area (TPSA) is 92.7 Å². The van der Waals surface area contributed by atoms with Crippen LogP contribution in [-0.4, -0.2) is 46.8 Å². The van der Waals surface area contributed by atoms with Crippen molar-refractivity contribution in [1.82, 2.24) is 9.80 Å². The third-order valence-corrected chi connectivity index (χ3v) is 7.91. The molecule has 0 aromatic heterocycles. The molecule has 2 heterocycles. The molecule has 0 saturated carbocycles. The van der Waals surface area contributed by atoms with Crippen molar-refractivity contribution in [1.29, 1.82) is 0 Å². The first-order chi connectivity index (χ1) is 17.5. The van der Waals surface area contributed by atoms with Crippen molar-refractivity contribution >= 4 is 11.8 Å². The minimum atomic E-state index is -0.851. The summed E-state index contributed by atoms with van der Waals surface area (Å²) in [7, 11) is 0. The second-order valence-corrected chi connectivity index (χ2v) is 9.85. The largest absolute Gasteiger partial charge is 0.368 e. The van der Waals surface area contributed by atoms with Gasteiger partial charge in [0.1, 0.15) is 5.66 Å². The fourth-order valence-corrected chi connectivity index (χ4v) is 6.57. The van der Waals surface area contributed by atoms with E-state index in [1.165, 1.54) is 0 Å². The molecule has 186 valence electrons. The molecule has 5 rings (SSSR count). The number of likely N-dealkylation sites (tertiary alicyclic amines) is 2. The van der Waals surface area contributed by atoms with E-state index in [0.29, 0.717) is 25.9 Å². The Morgan fingerprint density at radius 3 is 1.44 bits per heavy atom. The molecule has 0 aliphatic carbocycles. The molecule has 6 nitrogen and oxygen atoms in total. The van der Waals surface area contributed by atoms with Gasteiger partial charge >= 0.3 is 0 Å². The van der Waals surface area contributed by atoms with E-state index in [1.54, 1.807) is 0 Å². The van der Waals surface area contributed by atoms with E-state index in [4.69, 9.17) is 11.5 Å². The van der Waals surface area contributed by atoms with Crippen LogP contribution in [0.3, 0.4) is 0 Å². The van der Waals surface area contributed by atoms with Gasteiger partial charge in [-0.15, -0.1) is 0 Å². The standard InChI is InChI=1S/C30H34N4O2/c31-28(35)25-18-10-20-33(25)30(24-16-8-3-9-17-24,34-21-11-19-26(34)29(32)36)27(22-12-4-1-5-13-22)23-14-6-2-7-15-23/h1-9,12-17,25-27H,10-11,18-21H2,(H2,31,35)(H2,32,36). The lowest BCUT2D eigenvalue weighted by Gasteiger charge is -2.56. The Labute approximate surface area is 212 Å². The molecule has 6 heteroatoms. The van der Waals surface area contributed by atoms with E-state index in [0.717, 1.165) is 29.5 Å². The SMILES string of the molecule is NC(=O)C1CCCN1C(c1ccccc1)(C(c1ccccc1)c1ccccc1)N1CCCC1C(N)=O. The average molecular weight is 483 g/mol. The minimum Gasteiger partial charge on any atom is -0.368 e.